The fraction of sp³-hybridized carbons (Fsp3) is 0.111. The molecule has 5 N–H and O–H groups in total. The number of hydrogen-bond donors (Lipinski definition) is 3. The summed E-state index contributed by atoms with van der Waals surface area (Å²) < 4.78 is 0. The van der Waals surface area contributed by atoms with Gasteiger partial charge in [-0.05, 0) is 0 Å². The monoisotopic (exact) mass is 217 g/mol. The number of fused-ring (bicyclic) bond motifs is 1. The molecule has 0 spiro atoms. The zero-order valence-corrected chi connectivity index (χ0v) is 8.07. The van der Waals surface area contributed by atoms with E-state index in [1.54, 1.807) is 6.07 Å². The maximum atomic E-state index is 11.5. The number of imide groups is 1. The summed E-state index contributed by atoms with van der Waals surface area (Å²) in [5, 5.41) is 10.9. The Kier molecular flexibility index (Phi) is 1.98. The second kappa shape index (κ2) is 3.20. The lowest BCUT2D eigenvalue weighted by atomic mass is 10.0. The van der Waals surface area contributed by atoms with E-state index in [4.69, 9.17) is 16.7 Å². The van der Waals surface area contributed by atoms with Crippen LogP contribution in [0.25, 0.3) is 0 Å². The number of amides is 2. The van der Waals surface area contributed by atoms with E-state index in [1.807, 2.05) is 0 Å². The lowest BCUT2D eigenvalue weighted by Gasteiger charge is -2.17. The predicted octanol–water partition coefficient (Wildman–Crippen LogP) is -1.07. The van der Waals surface area contributed by atoms with Crippen molar-refractivity contribution >= 4 is 23.3 Å². The van der Waals surface area contributed by atoms with Gasteiger partial charge in [0.2, 0.25) is 5.91 Å². The number of nitriles is 1. The average Bonchev–Trinajstić information content (AvgIpc) is 2.15. The minimum absolute atomic E-state index is 0.0324. The first-order valence-electron chi connectivity index (χ1n) is 4.36. The first-order valence-corrected chi connectivity index (χ1v) is 4.36. The highest BCUT2D eigenvalue weighted by atomic mass is 16.2. The molecular weight excluding hydrogens is 210 g/mol. The van der Waals surface area contributed by atoms with Crippen LogP contribution in [-0.4, -0.2) is 16.8 Å². The number of nitrogen functional groups attached to an aromatic ring is 2. The highest BCUT2D eigenvalue weighted by Crippen LogP contribution is 2.26. The number of carbonyl (C=O) groups is 2. The third kappa shape index (κ3) is 1.25. The SMILES string of the molecule is N#Cc1c(N)nc2c(c1N)C(=O)NC(=O)C2. The molecule has 0 bridgehead atoms. The Morgan fingerprint density at radius 3 is 2.69 bits per heavy atom. The fourth-order valence-corrected chi connectivity index (χ4v) is 1.56. The Labute approximate surface area is 90.1 Å². The lowest BCUT2D eigenvalue weighted by molar-refractivity contribution is -0.119. The van der Waals surface area contributed by atoms with Crippen LogP contribution in [0.5, 0.6) is 0 Å². The maximum absolute atomic E-state index is 11.5. The summed E-state index contributed by atoms with van der Waals surface area (Å²) in [7, 11) is 0. The van der Waals surface area contributed by atoms with E-state index in [0.717, 1.165) is 0 Å². The van der Waals surface area contributed by atoms with Gasteiger partial charge in [-0.15, -0.1) is 0 Å². The number of carbonyl (C=O) groups excluding carboxylic acids is 2. The van der Waals surface area contributed by atoms with Crippen LogP contribution in [0, 0.1) is 11.3 Å². The quantitative estimate of drug-likeness (QED) is 0.473. The molecule has 7 heteroatoms. The first-order chi connectivity index (χ1) is 7.54. The molecule has 0 aliphatic carbocycles. The molecule has 1 aliphatic rings. The number of anilines is 2. The van der Waals surface area contributed by atoms with Crippen molar-refractivity contribution in [1.82, 2.24) is 10.3 Å². The lowest BCUT2D eigenvalue weighted by Crippen LogP contribution is -2.38. The second-order valence-electron chi connectivity index (χ2n) is 3.27. The zero-order valence-electron chi connectivity index (χ0n) is 8.07. The average molecular weight is 217 g/mol. The molecule has 0 aromatic carbocycles. The molecule has 2 heterocycles. The van der Waals surface area contributed by atoms with Crippen LogP contribution < -0.4 is 16.8 Å². The molecule has 2 amide bonds. The van der Waals surface area contributed by atoms with Crippen LogP contribution >= 0.6 is 0 Å². The molecule has 2 rings (SSSR count). The standard InChI is InChI=1S/C9H7N5O2/c10-2-3-7(11)6-4(13-8(3)12)1-5(15)14-9(6)16/h1H2,(H4,11,12,13)(H,14,15,16). The minimum Gasteiger partial charge on any atom is -0.397 e. The Balaban J connectivity index is 2.75. The molecule has 7 nitrogen and oxygen atoms in total. The van der Waals surface area contributed by atoms with Crippen molar-refractivity contribution in [3.05, 3.63) is 16.8 Å². The summed E-state index contributed by atoms with van der Waals surface area (Å²) in [6.45, 7) is 0. The van der Waals surface area contributed by atoms with Gasteiger partial charge in [-0.25, -0.2) is 4.98 Å². The molecule has 80 valence electrons. The minimum atomic E-state index is -0.646. The largest absolute Gasteiger partial charge is 0.397 e. The van der Waals surface area contributed by atoms with Crippen LogP contribution in [0.3, 0.4) is 0 Å². The van der Waals surface area contributed by atoms with E-state index in [-0.39, 0.29) is 34.7 Å². The molecule has 0 radical (unpaired) electrons. The number of aromatic nitrogens is 1. The van der Waals surface area contributed by atoms with Crippen molar-refractivity contribution in [2.45, 2.75) is 6.42 Å². The van der Waals surface area contributed by atoms with Crippen LogP contribution in [0.2, 0.25) is 0 Å². The summed E-state index contributed by atoms with van der Waals surface area (Å²) in [5.74, 6) is -1.18. The van der Waals surface area contributed by atoms with Gasteiger partial charge >= 0.3 is 0 Å². The highest BCUT2D eigenvalue weighted by molar-refractivity contribution is 6.12. The van der Waals surface area contributed by atoms with E-state index >= 15 is 0 Å². The van der Waals surface area contributed by atoms with E-state index in [0.29, 0.717) is 0 Å². The maximum Gasteiger partial charge on any atom is 0.261 e. The van der Waals surface area contributed by atoms with E-state index in [1.165, 1.54) is 0 Å². The molecule has 1 aromatic heterocycles. The van der Waals surface area contributed by atoms with Crippen LogP contribution in [0.4, 0.5) is 11.5 Å². The van der Waals surface area contributed by atoms with Gasteiger partial charge in [-0.3, -0.25) is 14.9 Å². The summed E-state index contributed by atoms with van der Waals surface area (Å²) in [4.78, 5) is 26.4. The molecule has 0 saturated heterocycles. The van der Waals surface area contributed by atoms with Gasteiger partial charge in [0.25, 0.3) is 5.91 Å². The summed E-state index contributed by atoms with van der Waals surface area (Å²) in [6, 6.07) is 1.77. The molecular formula is C9H7N5O2. The van der Waals surface area contributed by atoms with Crippen molar-refractivity contribution in [2.24, 2.45) is 0 Å². The zero-order chi connectivity index (χ0) is 11.9. The second-order valence-corrected chi connectivity index (χ2v) is 3.27. The van der Waals surface area contributed by atoms with Gasteiger partial charge in [0.1, 0.15) is 17.5 Å². The third-order valence-corrected chi connectivity index (χ3v) is 2.26. The third-order valence-electron chi connectivity index (χ3n) is 2.26. The Bertz CT molecular complexity index is 558. The van der Waals surface area contributed by atoms with E-state index in [9.17, 15) is 9.59 Å². The smallest absolute Gasteiger partial charge is 0.261 e. The van der Waals surface area contributed by atoms with E-state index in [2.05, 4.69) is 10.3 Å². The van der Waals surface area contributed by atoms with Gasteiger partial charge in [-0.2, -0.15) is 5.26 Å². The molecule has 16 heavy (non-hydrogen) atoms. The molecule has 0 unspecified atom stereocenters. The summed E-state index contributed by atoms with van der Waals surface area (Å²) >= 11 is 0. The summed E-state index contributed by atoms with van der Waals surface area (Å²) in [5.41, 5.74) is 11.3. The summed E-state index contributed by atoms with van der Waals surface area (Å²) in [6.07, 6.45) is -0.0683. The Morgan fingerprint density at radius 2 is 2.06 bits per heavy atom. The number of hydrogen-bond acceptors (Lipinski definition) is 6. The molecule has 0 atom stereocenters. The molecule has 1 aliphatic heterocycles. The number of nitrogens with two attached hydrogens (primary N) is 2. The van der Waals surface area contributed by atoms with Gasteiger partial charge in [-0.1, -0.05) is 0 Å². The van der Waals surface area contributed by atoms with Crippen molar-refractivity contribution in [3.8, 4) is 6.07 Å². The molecule has 1 aromatic rings. The normalized spacial score (nSPS) is 13.9. The van der Waals surface area contributed by atoms with Gasteiger partial charge in [0, 0.05) is 0 Å². The first kappa shape index (κ1) is 9.92. The molecule has 0 saturated carbocycles. The Morgan fingerprint density at radius 1 is 1.38 bits per heavy atom. The number of pyridine rings is 1. The van der Waals surface area contributed by atoms with Gasteiger partial charge in [0.05, 0.1) is 23.4 Å². The predicted molar refractivity (Wildman–Crippen MR) is 54.0 cm³/mol. The topological polar surface area (TPSA) is 135 Å². The van der Waals surface area contributed by atoms with Gasteiger partial charge in [0.15, 0.2) is 0 Å². The van der Waals surface area contributed by atoms with E-state index < -0.39 is 11.8 Å². The van der Waals surface area contributed by atoms with Crippen molar-refractivity contribution in [3.63, 3.8) is 0 Å². The Hall–Kier alpha value is -2.62. The van der Waals surface area contributed by atoms with Crippen molar-refractivity contribution in [1.29, 1.82) is 5.26 Å². The highest BCUT2D eigenvalue weighted by Gasteiger charge is 2.28. The fourth-order valence-electron chi connectivity index (χ4n) is 1.56. The van der Waals surface area contributed by atoms with Gasteiger partial charge < -0.3 is 11.5 Å². The van der Waals surface area contributed by atoms with Crippen molar-refractivity contribution < 1.29 is 9.59 Å². The number of nitrogens with one attached hydrogen (secondary N) is 1. The number of nitrogens with zero attached hydrogens (tertiary/aromatic N) is 2. The van der Waals surface area contributed by atoms with Crippen LogP contribution in [-0.2, 0) is 11.2 Å². The van der Waals surface area contributed by atoms with Crippen molar-refractivity contribution in [2.75, 3.05) is 11.5 Å². The van der Waals surface area contributed by atoms with Crippen LogP contribution in [0.15, 0.2) is 0 Å². The molecule has 0 fully saturated rings. The van der Waals surface area contributed by atoms with Crippen LogP contribution in [0.1, 0.15) is 21.6 Å². The number of rotatable bonds is 0.